The zero-order valence-electron chi connectivity index (χ0n) is 7.76. The van der Waals surface area contributed by atoms with Gasteiger partial charge in [0, 0.05) is 17.7 Å². The summed E-state index contributed by atoms with van der Waals surface area (Å²) in [6.45, 7) is 0.646. The lowest BCUT2D eigenvalue weighted by molar-refractivity contribution is 0.970. The van der Waals surface area contributed by atoms with Gasteiger partial charge in [0.2, 0.25) is 0 Å². The van der Waals surface area contributed by atoms with Crippen LogP contribution in [-0.2, 0) is 5.75 Å². The van der Waals surface area contributed by atoms with Crippen LogP contribution in [0.1, 0.15) is 5.69 Å². The van der Waals surface area contributed by atoms with Gasteiger partial charge in [-0.2, -0.15) is 22.0 Å². The minimum absolute atomic E-state index is 0.144. The molecule has 1 rings (SSSR count). The summed E-state index contributed by atoms with van der Waals surface area (Å²) in [5, 5.41) is 7.74. The van der Waals surface area contributed by atoms with Crippen molar-refractivity contribution in [2.45, 2.75) is 5.75 Å². The summed E-state index contributed by atoms with van der Waals surface area (Å²) in [7, 11) is 0. The van der Waals surface area contributed by atoms with Crippen LogP contribution in [-0.4, -0.2) is 28.5 Å². The van der Waals surface area contributed by atoms with E-state index >= 15 is 0 Å². The molecule has 0 saturated heterocycles. The SMILES string of the molecule is NC(N)=NCCSCc1cccnn1. The number of aliphatic imine (C=N–C) groups is 1. The van der Waals surface area contributed by atoms with Crippen molar-refractivity contribution in [3.05, 3.63) is 24.0 Å². The van der Waals surface area contributed by atoms with Crippen LogP contribution in [0, 0.1) is 0 Å². The van der Waals surface area contributed by atoms with Gasteiger partial charge in [-0.3, -0.25) is 4.99 Å². The Balaban J connectivity index is 2.14. The lowest BCUT2D eigenvalue weighted by Gasteiger charge is -1.97. The van der Waals surface area contributed by atoms with E-state index in [1.54, 1.807) is 18.0 Å². The van der Waals surface area contributed by atoms with E-state index in [0.717, 1.165) is 17.2 Å². The first-order valence-corrected chi connectivity index (χ1v) is 5.34. The Hall–Kier alpha value is -1.30. The topological polar surface area (TPSA) is 90.2 Å². The van der Waals surface area contributed by atoms with Crippen molar-refractivity contribution in [1.29, 1.82) is 0 Å². The highest BCUT2D eigenvalue weighted by Crippen LogP contribution is 2.07. The lowest BCUT2D eigenvalue weighted by Crippen LogP contribution is -2.23. The van der Waals surface area contributed by atoms with Crippen molar-refractivity contribution in [2.24, 2.45) is 16.5 Å². The summed E-state index contributed by atoms with van der Waals surface area (Å²) in [4.78, 5) is 3.87. The van der Waals surface area contributed by atoms with Gasteiger partial charge in [-0.1, -0.05) is 0 Å². The average molecular weight is 211 g/mol. The van der Waals surface area contributed by atoms with E-state index in [1.165, 1.54) is 0 Å². The maximum absolute atomic E-state index is 5.18. The number of hydrogen-bond acceptors (Lipinski definition) is 4. The molecule has 0 aromatic carbocycles. The molecular weight excluding hydrogens is 198 g/mol. The van der Waals surface area contributed by atoms with Gasteiger partial charge in [-0.05, 0) is 12.1 Å². The molecule has 0 atom stereocenters. The number of aromatic nitrogens is 2. The number of rotatable bonds is 5. The fourth-order valence-electron chi connectivity index (χ4n) is 0.826. The van der Waals surface area contributed by atoms with Crippen molar-refractivity contribution in [1.82, 2.24) is 10.2 Å². The zero-order chi connectivity index (χ0) is 10.2. The number of nitrogens with two attached hydrogens (primary N) is 2. The molecule has 0 aliphatic rings. The van der Waals surface area contributed by atoms with Crippen LogP contribution in [0.5, 0.6) is 0 Å². The highest BCUT2D eigenvalue weighted by molar-refractivity contribution is 7.98. The van der Waals surface area contributed by atoms with E-state index in [4.69, 9.17) is 11.5 Å². The Morgan fingerprint density at radius 3 is 3.00 bits per heavy atom. The molecule has 0 unspecified atom stereocenters. The molecule has 6 heteroatoms. The Morgan fingerprint density at radius 1 is 1.50 bits per heavy atom. The van der Waals surface area contributed by atoms with Crippen molar-refractivity contribution in [2.75, 3.05) is 12.3 Å². The fourth-order valence-corrected chi connectivity index (χ4v) is 1.55. The summed E-state index contributed by atoms with van der Waals surface area (Å²) < 4.78 is 0. The lowest BCUT2D eigenvalue weighted by atomic mass is 10.4. The molecule has 0 aliphatic carbocycles. The van der Waals surface area contributed by atoms with E-state index < -0.39 is 0 Å². The van der Waals surface area contributed by atoms with Crippen molar-refractivity contribution >= 4 is 17.7 Å². The molecule has 0 amide bonds. The molecular formula is C8H13N5S. The van der Waals surface area contributed by atoms with E-state index in [-0.39, 0.29) is 5.96 Å². The van der Waals surface area contributed by atoms with E-state index in [9.17, 15) is 0 Å². The second kappa shape index (κ2) is 6.20. The molecule has 0 fully saturated rings. The number of hydrogen-bond donors (Lipinski definition) is 2. The molecule has 0 spiro atoms. The maximum atomic E-state index is 5.18. The normalized spacial score (nSPS) is 9.71. The zero-order valence-corrected chi connectivity index (χ0v) is 8.57. The molecule has 14 heavy (non-hydrogen) atoms. The van der Waals surface area contributed by atoms with Crippen LogP contribution in [0.3, 0.4) is 0 Å². The van der Waals surface area contributed by atoms with Crippen LogP contribution in [0.4, 0.5) is 0 Å². The van der Waals surface area contributed by atoms with E-state index in [2.05, 4.69) is 15.2 Å². The first kappa shape index (κ1) is 10.8. The van der Waals surface area contributed by atoms with Crippen molar-refractivity contribution in [3.63, 3.8) is 0 Å². The number of thioether (sulfide) groups is 1. The molecule has 0 bridgehead atoms. The van der Waals surface area contributed by atoms with Crippen LogP contribution < -0.4 is 11.5 Å². The Morgan fingerprint density at radius 2 is 2.36 bits per heavy atom. The predicted octanol–water partition coefficient (Wildman–Crippen LogP) is -0.0168. The summed E-state index contributed by atoms with van der Waals surface area (Å²) >= 11 is 1.73. The van der Waals surface area contributed by atoms with Crippen LogP contribution in [0.25, 0.3) is 0 Å². The van der Waals surface area contributed by atoms with Gasteiger partial charge in [-0.25, -0.2) is 0 Å². The number of guanidine groups is 1. The molecule has 4 N–H and O–H groups in total. The molecule has 0 radical (unpaired) electrons. The summed E-state index contributed by atoms with van der Waals surface area (Å²) in [5.41, 5.74) is 11.3. The molecule has 0 saturated carbocycles. The van der Waals surface area contributed by atoms with Crippen molar-refractivity contribution < 1.29 is 0 Å². The molecule has 76 valence electrons. The number of nitrogens with zero attached hydrogens (tertiary/aromatic N) is 3. The maximum Gasteiger partial charge on any atom is 0.185 e. The highest BCUT2D eigenvalue weighted by Gasteiger charge is 1.93. The van der Waals surface area contributed by atoms with Gasteiger partial charge in [-0.15, -0.1) is 0 Å². The van der Waals surface area contributed by atoms with Crippen molar-refractivity contribution in [3.8, 4) is 0 Å². The summed E-state index contributed by atoms with van der Waals surface area (Å²) in [6, 6.07) is 3.82. The van der Waals surface area contributed by atoms with Gasteiger partial charge in [0.15, 0.2) is 5.96 Å². The first-order chi connectivity index (χ1) is 6.79. The average Bonchev–Trinajstić information content (AvgIpc) is 2.18. The Bertz CT molecular complexity index is 283. The quantitative estimate of drug-likeness (QED) is 0.406. The smallest absolute Gasteiger partial charge is 0.185 e. The van der Waals surface area contributed by atoms with Crippen LogP contribution in [0.2, 0.25) is 0 Å². The minimum atomic E-state index is 0.144. The fraction of sp³-hybridized carbons (Fsp3) is 0.375. The van der Waals surface area contributed by atoms with Crippen LogP contribution >= 0.6 is 11.8 Å². The van der Waals surface area contributed by atoms with Gasteiger partial charge in [0.25, 0.3) is 0 Å². The molecule has 1 heterocycles. The summed E-state index contributed by atoms with van der Waals surface area (Å²) in [6.07, 6.45) is 1.66. The first-order valence-electron chi connectivity index (χ1n) is 4.19. The van der Waals surface area contributed by atoms with E-state index in [0.29, 0.717) is 6.54 Å². The van der Waals surface area contributed by atoms with Gasteiger partial charge in [0.05, 0.1) is 12.2 Å². The standard InChI is InChI=1S/C8H13N5S/c9-8(10)11-4-5-14-6-7-2-1-3-12-13-7/h1-3H,4-6H2,(H4,9,10,11). The molecule has 0 aliphatic heterocycles. The van der Waals surface area contributed by atoms with Gasteiger partial charge < -0.3 is 11.5 Å². The predicted molar refractivity (Wildman–Crippen MR) is 58.9 cm³/mol. The molecule has 1 aromatic heterocycles. The largest absolute Gasteiger partial charge is 0.370 e. The third kappa shape index (κ3) is 4.66. The molecule has 5 nitrogen and oxygen atoms in total. The van der Waals surface area contributed by atoms with E-state index in [1.807, 2.05) is 12.1 Å². The van der Waals surface area contributed by atoms with Gasteiger partial charge >= 0.3 is 0 Å². The third-order valence-corrected chi connectivity index (χ3v) is 2.38. The summed E-state index contributed by atoms with van der Waals surface area (Å²) in [5.74, 6) is 1.87. The third-order valence-electron chi connectivity index (χ3n) is 1.41. The van der Waals surface area contributed by atoms with Gasteiger partial charge in [0.1, 0.15) is 0 Å². The second-order valence-corrected chi connectivity index (χ2v) is 3.68. The Labute approximate surface area is 87.0 Å². The highest BCUT2D eigenvalue weighted by atomic mass is 32.2. The van der Waals surface area contributed by atoms with Crippen LogP contribution in [0.15, 0.2) is 23.3 Å². The molecule has 1 aromatic rings. The minimum Gasteiger partial charge on any atom is -0.370 e. The second-order valence-electron chi connectivity index (χ2n) is 2.57. The monoisotopic (exact) mass is 211 g/mol. The Kier molecular flexibility index (Phi) is 4.77.